The molecule has 1 rings (SSSR count). The van der Waals surface area contributed by atoms with E-state index in [9.17, 15) is 0 Å². The Morgan fingerprint density at radius 2 is 1.80 bits per heavy atom. The molecule has 0 saturated heterocycles. The minimum absolute atomic E-state index is 0.191. The molecule has 0 radical (unpaired) electrons. The first-order chi connectivity index (χ1) is 6.95. The highest BCUT2D eigenvalue weighted by Gasteiger charge is 2.13. The smallest absolute Gasteiger partial charge is 0.0135 e. The van der Waals surface area contributed by atoms with Crippen LogP contribution in [0.3, 0.4) is 0 Å². The minimum atomic E-state index is 0.191. The Kier molecular flexibility index (Phi) is 3.52. The van der Waals surface area contributed by atoms with Crippen LogP contribution in [0.1, 0.15) is 27.7 Å². The van der Waals surface area contributed by atoms with Crippen molar-refractivity contribution in [3.63, 3.8) is 0 Å². The number of hydrogen-bond acceptors (Lipinski definition) is 0. The van der Waals surface area contributed by atoms with Crippen LogP contribution >= 0.6 is 0 Å². The molecule has 1 aromatic carbocycles. The third kappa shape index (κ3) is 3.09. The van der Waals surface area contributed by atoms with E-state index in [0.29, 0.717) is 0 Å². The highest BCUT2D eigenvalue weighted by Crippen LogP contribution is 2.25. The van der Waals surface area contributed by atoms with E-state index in [0.717, 1.165) is 5.22 Å². The van der Waals surface area contributed by atoms with Crippen LogP contribution in [0.2, 0.25) is 0 Å². The van der Waals surface area contributed by atoms with Crippen molar-refractivity contribution in [2.45, 2.75) is 27.7 Å². The fourth-order valence-corrected chi connectivity index (χ4v) is 1.58. The Bertz CT molecular complexity index is 456. The van der Waals surface area contributed by atoms with Crippen molar-refractivity contribution >= 4 is 12.7 Å². The molecule has 0 N–H and O–H groups in total. The van der Waals surface area contributed by atoms with Crippen molar-refractivity contribution in [1.82, 2.24) is 0 Å². The highest BCUT2D eigenvalue weighted by atomic mass is 14.2. The molecular weight excluding hydrogens is 180 g/mol. The van der Waals surface area contributed by atoms with Crippen LogP contribution in [0.15, 0.2) is 35.9 Å². The lowest BCUT2D eigenvalue weighted by Gasteiger charge is -2.19. The summed E-state index contributed by atoms with van der Waals surface area (Å²) in [4.78, 5) is 0. The van der Waals surface area contributed by atoms with Gasteiger partial charge in [-0.05, 0) is 28.3 Å². The Morgan fingerprint density at radius 1 is 1.20 bits per heavy atom. The fraction of sp³-hybridized carbons (Fsp3) is 0.333. The molecule has 15 heavy (non-hydrogen) atoms. The molecule has 0 aliphatic heterocycles. The standard InChI is InChI=1S/C15H20/c1-6-14(15(3,4)5)11-13-10-8-7-9-12(13)2/h6-11H,2H2,1,3-5H3/b13-11-,14-6?. The van der Waals surface area contributed by atoms with Gasteiger partial charge >= 0.3 is 0 Å². The highest BCUT2D eigenvalue weighted by molar-refractivity contribution is 5.49. The molecule has 0 bridgehead atoms. The molecule has 0 aliphatic rings. The zero-order valence-corrected chi connectivity index (χ0v) is 10.2. The summed E-state index contributed by atoms with van der Waals surface area (Å²) in [6.07, 6.45) is 4.40. The van der Waals surface area contributed by atoms with Gasteiger partial charge in [0.15, 0.2) is 0 Å². The average molecular weight is 200 g/mol. The van der Waals surface area contributed by atoms with E-state index in [2.05, 4.69) is 58.6 Å². The first-order valence-electron chi connectivity index (χ1n) is 5.37. The van der Waals surface area contributed by atoms with Gasteiger partial charge in [-0.25, -0.2) is 0 Å². The van der Waals surface area contributed by atoms with Gasteiger partial charge in [-0.15, -0.1) is 0 Å². The molecule has 0 fully saturated rings. The van der Waals surface area contributed by atoms with E-state index in [1.165, 1.54) is 10.8 Å². The van der Waals surface area contributed by atoms with E-state index >= 15 is 0 Å². The van der Waals surface area contributed by atoms with Gasteiger partial charge in [-0.1, -0.05) is 63.8 Å². The van der Waals surface area contributed by atoms with Gasteiger partial charge < -0.3 is 0 Å². The van der Waals surface area contributed by atoms with Gasteiger partial charge in [0.2, 0.25) is 0 Å². The first kappa shape index (κ1) is 11.8. The number of allylic oxidation sites excluding steroid dienone is 2. The largest absolute Gasteiger partial charge is 0.0912 e. The van der Waals surface area contributed by atoms with Crippen LogP contribution < -0.4 is 10.4 Å². The minimum Gasteiger partial charge on any atom is -0.0912 e. The lowest BCUT2D eigenvalue weighted by Crippen LogP contribution is -2.23. The van der Waals surface area contributed by atoms with Crippen molar-refractivity contribution in [3.8, 4) is 0 Å². The molecule has 1 aromatic rings. The van der Waals surface area contributed by atoms with Crippen LogP contribution in [-0.4, -0.2) is 0 Å². The monoisotopic (exact) mass is 200 g/mol. The first-order valence-corrected chi connectivity index (χ1v) is 5.37. The van der Waals surface area contributed by atoms with Crippen LogP contribution in [0.25, 0.3) is 12.7 Å². The number of hydrogen-bond donors (Lipinski definition) is 0. The molecular formula is C15H20. The van der Waals surface area contributed by atoms with Crippen LogP contribution in [-0.2, 0) is 0 Å². The molecule has 0 aromatic heterocycles. The molecule has 0 atom stereocenters. The van der Waals surface area contributed by atoms with E-state index in [-0.39, 0.29) is 5.41 Å². The lowest BCUT2D eigenvalue weighted by molar-refractivity contribution is 0.522. The van der Waals surface area contributed by atoms with E-state index in [1.807, 2.05) is 12.1 Å². The van der Waals surface area contributed by atoms with E-state index in [4.69, 9.17) is 0 Å². The van der Waals surface area contributed by atoms with Crippen molar-refractivity contribution < 1.29 is 0 Å². The second kappa shape index (κ2) is 4.48. The molecule has 0 saturated carbocycles. The molecule has 0 unspecified atom stereocenters. The summed E-state index contributed by atoms with van der Waals surface area (Å²) < 4.78 is 0. The fourth-order valence-electron chi connectivity index (χ4n) is 1.58. The Hall–Kier alpha value is -1.30. The van der Waals surface area contributed by atoms with Crippen molar-refractivity contribution in [2.24, 2.45) is 5.41 Å². The quantitative estimate of drug-likeness (QED) is 0.654. The third-order valence-electron chi connectivity index (χ3n) is 2.54. The van der Waals surface area contributed by atoms with Crippen molar-refractivity contribution in [1.29, 1.82) is 0 Å². The van der Waals surface area contributed by atoms with Crippen LogP contribution in [0, 0.1) is 5.41 Å². The summed E-state index contributed by atoms with van der Waals surface area (Å²) in [7, 11) is 0. The van der Waals surface area contributed by atoms with Crippen molar-refractivity contribution in [2.75, 3.05) is 0 Å². The van der Waals surface area contributed by atoms with Gasteiger partial charge in [-0.3, -0.25) is 0 Å². The molecule has 0 spiro atoms. The molecule has 0 heterocycles. The number of benzene rings is 1. The van der Waals surface area contributed by atoms with Gasteiger partial charge in [-0.2, -0.15) is 0 Å². The maximum Gasteiger partial charge on any atom is -0.0135 e. The SMILES string of the molecule is C=c1cccc/c1=C/C(=CC)C(C)(C)C. The summed E-state index contributed by atoms with van der Waals surface area (Å²) >= 11 is 0. The molecule has 0 heteroatoms. The van der Waals surface area contributed by atoms with Crippen molar-refractivity contribution in [3.05, 3.63) is 46.4 Å². The van der Waals surface area contributed by atoms with Gasteiger partial charge in [0, 0.05) is 0 Å². The van der Waals surface area contributed by atoms with Gasteiger partial charge in [0.1, 0.15) is 0 Å². The molecule has 80 valence electrons. The lowest BCUT2D eigenvalue weighted by atomic mass is 9.85. The predicted octanol–water partition coefficient (Wildman–Crippen LogP) is 2.87. The van der Waals surface area contributed by atoms with Crippen LogP contribution in [0.4, 0.5) is 0 Å². The topological polar surface area (TPSA) is 0 Å². The van der Waals surface area contributed by atoms with E-state index in [1.54, 1.807) is 0 Å². The predicted molar refractivity (Wildman–Crippen MR) is 68.9 cm³/mol. The zero-order chi connectivity index (χ0) is 11.5. The second-order valence-corrected chi connectivity index (χ2v) is 4.84. The molecule has 0 aliphatic carbocycles. The summed E-state index contributed by atoms with van der Waals surface area (Å²) in [6, 6.07) is 8.22. The summed E-state index contributed by atoms with van der Waals surface area (Å²) in [5, 5.41) is 2.29. The Balaban J connectivity index is 3.30. The Morgan fingerprint density at radius 3 is 2.27 bits per heavy atom. The average Bonchev–Trinajstić information content (AvgIpc) is 2.14. The zero-order valence-electron chi connectivity index (χ0n) is 10.2. The summed E-state index contributed by atoms with van der Waals surface area (Å²) in [5.74, 6) is 0. The Labute approximate surface area is 92.6 Å². The second-order valence-electron chi connectivity index (χ2n) is 4.84. The maximum absolute atomic E-state index is 4.03. The van der Waals surface area contributed by atoms with Gasteiger partial charge in [0.05, 0.1) is 0 Å². The molecule has 0 amide bonds. The summed E-state index contributed by atoms with van der Waals surface area (Å²) in [5.41, 5.74) is 1.54. The normalized spacial score (nSPS) is 14.4. The van der Waals surface area contributed by atoms with E-state index < -0.39 is 0 Å². The van der Waals surface area contributed by atoms with Crippen LogP contribution in [0.5, 0.6) is 0 Å². The maximum atomic E-state index is 4.03. The van der Waals surface area contributed by atoms with Gasteiger partial charge in [0.25, 0.3) is 0 Å². The third-order valence-corrected chi connectivity index (χ3v) is 2.54. The number of rotatable bonds is 1. The molecule has 0 nitrogen and oxygen atoms in total. The summed E-state index contributed by atoms with van der Waals surface area (Å²) in [6.45, 7) is 12.8.